The van der Waals surface area contributed by atoms with Gasteiger partial charge < -0.3 is 15.4 Å². The number of nitrogens with two attached hydrogens (primary N) is 1. The van der Waals surface area contributed by atoms with Gasteiger partial charge in [0.1, 0.15) is 5.75 Å². The summed E-state index contributed by atoms with van der Waals surface area (Å²) in [5.41, 5.74) is 3.36. The smallest absolute Gasteiger partial charge is 0.238 e. The first-order valence-corrected chi connectivity index (χ1v) is 11.2. The Kier molecular flexibility index (Phi) is 8.48. The van der Waals surface area contributed by atoms with Crippen molar-refractivity contribution in [3.05, 3.63) is 59.2 Å². The molecule has 0 saturated heterocycles. The molecule has 0 radical (unpaired) electrons. The summed E-state index contributed by atoms with van der Waals surface area (Å²) in [6, 6.07) is 12.7. The topological polar surface area (TPSA) is 106 Å². The summed E-state index contributed by atoms with van der Waals surface area (Å²) < 4.78 is 28.1. The monoisotopic (exact) mass is 418 g/mol. The molecule has 0 heterocycles. The van der Waals surface area contributed by atoms with E-state index in [0.29, 0.717) is 13.1 Å². The Balaban J connectivity index is 1.90. The minimum absolute atomic E-state index is 0.121. The molecule has 2 rings (SSSR count). The largest absolute Gasteiger partial charge is 0.496 e. The van der Waals surface area contributed by atoms with Crippen molar-refractivity contribution < 1.29 is 13.2 Å². The van der Waals surface area contributed by atoms with Crippen LogP contribution in [0.25, 0.3) is 0 Å². The van der Waals surface area contributed by atoms with Crippen molar-refractivity contribution in [2.24, 2.45) is 10.1 Å². The van der Waals surface area contributed by atoms with Crippen LogP contribution in [0.3, 0.4) is 0 Å². The molecule has 0 atom stereocenters. The van der Waals surface area contributed by atoms with Gasteiger partial charge in [-0.25, -0.2) is 13.6 Å². The number of hydrogen-bond donors (Lipinski definition) is 3. The van der Waals surface area contributed by atoms with Crippen LogP contribution in [0.1, 0.15) is 23.6 Å². The fourth-order valence-corrected chi connectivity index (χ4v) is 3.42. The maximum Gasteiger partial charge on any atom is 0.238 e. The van der Waals surface area contributed by atoms with Gasteiger partial charge in [0, 0.05) is 19.6 Å². The van der Waals surface area contributed by atoms with Gasteiger partial charge in [0.2, 0.25) is 10.0 Å². The number of benzene rings is 2. The van der Waals surface area contributed by atoms with E-state index in [1.54, 1.807) is 19.2 Å². The lowest BCUT2D eigenvalue weighted by Gasteiger charge is -2.12. The number of primary sulfonamides is 1. The SMILES string of the molecule is CCNC(=NCCc1cc(C)ccc1OC)NCCc1ccc(S(N)(=O)=O)cc1. The molecule has 0 saturated carbocycles. The summed E-state index contributed by atoms with van der Waals surface area (Å²) in [5, 5.41) is 11.7. The van der Waals surface area contributed by atoms with Crippen LogP contribution in [-0.4, -0.2) is 41.1 Å². The van der Waals surface area contributed by atoms with E-state index in [1.165, 1.54) is 17.7 Å². The molecule has 2 aromatic carbocycles. The van der Waals surface area contributed by atoms with Crippen LogP contribution in [0.4, 0.5) is 0 Å². The predicted octanol–water partition coefficient (Wildman–Crippen LogP) is 1.99. The van der Waals surface area contributed by atoms with Gasteiger partial charge in [-0.1, -0.05) is 29.8 Å². The Bertz CT molecular complexity index is 925. The molecule has 0 spiro atoms. The maximum absolute atomic E-state index is 11.3. The number of sulfonamides is 1. The second kappa shape index (κ2) is 10.8. The second-order valence-corrected chi connectivity index (χ2v) is 8.25. The van der Waals surface area contributed by atoms with E-state index in [-0.39, 0.29) is 4.90 Å². The van der Waals surface area contributed by atoms with Gasteiger partial charge in [-0.3, -0.25) is 4.99 Å². The lowest BCUT2D eigenvalue weighted by atomic mass is 10.1. The Labute approximate surface area is 173 Å². The van der Waals surface area contributed by atoms with Crippen molar-refractivity contribution >= 4 is 16.0 Å². The van der Waals surface area contributed by atoms with Crippen LogP contribution >= 0.6 is 0 Å². The zero-order valence-electron chi connectivity index (χ0n) is 17.2. The van der Waals surface area contributed by atoms with Gasteiger partial charge in [0.15, 0.2) is 5.96 Å². The highest BCUT2D eigenvalue weighted by molar-refractivity contribution is 7.89. The molecule has 4 N–H and O–H groups in total. The molecule has 0 aliphatic carbocycles. The molecule has 0 aromatic heterocycles. The molecule has 0 bridgehead atoms. The first-order chi connectivity index (χ1) is 13.8. The fraction of sp³-hybridized carbons (Fsp3) is 0.381. The standard InChI is InChI=1S/C21H30N4O3S/c1-4-23-21(25-14-12-18-15-16(2)5-10-20(18)28-3)24-13-11-17-6-8-19(9-7-17)29(22,26)27/h5-10,15H,4,11-14H2,1-3H3,(H2,22,26,27)(H2,23,24,25). The number of nitrogens with zero attached hydrogens (tertiary/aromatic N) is 1. The average Bonchev–Trinajstić information content (AvgIpc) is 2.68. The molecule has 0 amide bonds. The Morgan fingerprint density at radius 1 is 1.10 bits per heavy atom. The maximum atomic E-state index is 11.3. The van der Waals surface area contributed by atoms with E-state index in [4.69, 9.17) is 9.88 Å². The molecule has 8 heteroatoms. The third kappa shape index (κ3) is 7.40. The van der Waals surface area contributed by atoms with Gasteiger partial charge in [-0.05, 0) is 56.0 Å². The van der Waals surface area contributed by atoms with Gasteiger partial charge in [0.05, 0.1) is 12.0 Å². The van der Waals surface area contributed by atoms with E-state index in [2.05, 4.69) is 28.6 Å². The molecule has 158 valence electrons. The lowest BCUT2D eigenvalue weighted by Crippen LogP contribution is -2.38. The van der Waals surface area contributed by atoms with Crippen LogP contribution in [0.2, 0.25) is 0 Å². The summed E-state index contributed by atoms with van der Waals surface area (Å²) in [6.45, 7) is 6.16. The zero-order chi connectivity index (χ0) is 21.3. The third-order valence-corrected chi connectivity index (χ3v) is 5.32. The van der Waals surface area contributed by atoms with Gasteiger partial charge in [-0.2, -0.15) is 0 Å². The van der Waals surface area contributed by atoms with Crippen LogP contribution in [0.15, 0.2) is 52.4 Å². The van der Waals surface area contributed by atoms with Crippen molar-refractivity contribution in [2.45, 2.75) is 31.6 Å². The Morgan fingerprint density at radius 2 is 1.83 bits per heavy atom. The fourth-order valence-electron chi connectivity index (χ4n) is 2.90. The number of methoxy groups -OCH3 is 1. The second-order valence-electron chi connectivity index (χ2n) is 6.69. The molecule has 0 aliphatic rings. The summed E-state index contributed by atoms with van der Waals surface area (Å²) in [7, 11) is -1.98. The van der Waals surface area contributed by atoms with E-state index in [9.17, 15) is 8.42 Å². The minimum Gasteiger partial charge on any atom is -0.496 e. The van der Waals surface area contributed by atoms with Crippen LogP contribution < -0.4 is 20.5 Å². The Morgan fingerprint density at radius 3 is 2.45 bits per heavy atom. The highest BCUT2D eigenvalue weighted by atomic mass is 32.2. The number of guanidine groups is 1. The van der Waals surface area contributed by atoms with E-state index >= 15 is 0 Å². The Hall–Kier alpha value is -2.58. The van der Waals surface area contributed by atoms with Crippen LogP contribution in [0.5, 0.6) is 5.75 Å². The zero-order valence-corrected chi connectivity index (χ0v) is 18.1. The molecule has 0 fully saturated rings. The molecular formula is C21H30N4O3S. The van der Waals surface area contributed by atoms with E-state index in [0.717, 1.165) is 42.2 Å². The van der Waals surface area contributed by atoms with Crippen molar-refractivity contribution in [1.29, 1.82) is 0 Å². The number of ether oxygens (including phenoxy) is 1. The van der Waals surface area contributed by atoms with Crippen molar-refractivity contribution in [3.8, 4) is 5.75 Å². The van der Waals surface area contributed by atoms with E-state index in [1.807, 2.05) is 19.1 Å². The van der Waals surface area contributed by atoms with Crippen molar-refractivity contribution in [3.63, 3.8) is 0 Å². The summed E-state index contributed by atoms with van der Waals surface area (Å²) in [5.74, 6) is 1.63. The van der Waals surface area contributed by atoms with E-state index < -0.39 is 10.0 Å². The predicted molar refractivity (Wildman–Crippen MR) is 117 cm³/mol. The van der Waals surface area contributed by atoms with Crippen molar-refractivity contribution in [1.82, 2.24) is 10.6 Å². The summed E-state index contributed by atoms with van der Waals surface area (Å²) in [6.07, 6.45) is 1.53. The number of aryl methyl sites for hydroxylation is 1. The molecule has 2 aromatic rings. The minimum atomic E-state index is -3.66. The number of hydrogen-bond acceptors (Lipinski definition) is 4. The van der Waals surface area contributed by atoms with Gasteiger partial charge >= 0.3 is 0 Å². The van der Waals surface area contributed by atoms with Crippen molar-refractivity contribution in [2.75, 3.05) is 26.7 Å². The van der Waals surface area contributed by atoms with Gasteiger partial charge in [-0.15, -0.1) is 0 Å². The third-order valence-electron chi connectivity index (χ3n) is 4.39. The first-order valence-electron chi connectivity index (χ1n) is 9.61. The molecule has 7 nitrogen and oxygen atoms in total. The highest BCUT2D eigenvalue weighted by Gasteiger charge is 2.07. The number of aliphatic imine (C=N–C) groups is 1. The summed E-state index contributed by atoms with van der Waals surface area (Å²) >= 11 is 0. The highest BCUT2D eigenvalue weighted by Crippen LogP contribution is 2.20. The lowest BCUT2D eigenvalue weighted by molar-refractivity contribution is 0.409. The normalized spacial score (nSPS) is 11.9. The number of rotatable bonds is 9. The van der Waals surface area contributed by atoms with Crippen LogP contribution in [0, 0.1) is 6.92 Å². The first kappa shape index (κ1) is 22.7. The molecule has 29 heavy (non-hydrogen) atoms. The number of nitrogens with one attached hydrogen (secondary N) is 2. The van der Waals surface area contributed by atoms with Gasteiger partial charge in [0.25, 0.3) is 0 Å². The molecular weight excluding hydrogens is 388 g/mol. The van der Waals surface area contributed by atoms with Crippen LogP contribution in [-0.2, 0) is 22.9 Å². The quantitative estimate of drug-likeness (QED) is 0.427. The average molecular weight is 419 g/mol. The molecule has 0 aliphatic heterocycles. The molecule has 0 unspecified atom stereocenters. The summed E-state index contributed by atoms with van der Waals surface area (Å²) in [4.78, 5) is 4.76.